The van der Waals surface area contributed by atoms with Gasteiger partial charge in [-0.25, -0.2) is 8.42 Å². The number of rotatable bonds is 6. The Morgan fingerprint density at radius 1 is 1.31 bits per heavy atom. The molecule has 26 heavy (non-hydrogen) atoms. The molecule has 142 valence electrons. The maximum absolute atomic E-state index is 12.8. The maximum atomic E-state index is 12.8. The van der Waals surface area contributed by atoms with Gasteiger partial charge in [-0.05, 0) is 25.3 Å². The molecule has 1 unspecified atom stereocenters. The molecule has 1 aromatic rings. The first-order valence-corrected chi connectivity index (χ1v) is 10.5. The molecule has 1 aromatic carbocycles. The lowest BCUT2D eigenvalue weighted by atomic mass is 10.0. The van der Waals surface area contributed by atoms with E-state index in [0.29, 0.717) is 25.0 Å². The molecular weight excluding hydrogens is 356 g/mol. The van der Waals surface area contributed by atoms with Crippen LogP contribution in [-0.4, -0.2) is 56.8 Å². The molecule has 1 aliphatic carbocycles. The summed E-state index contributed by atoms with van der Waals surface area (Å²) in [5.74, 6) is 0.173. The molecule has 0 bridgehead atoms. The molecule has 0 spiro atoms. The third-order valence-corrected chi connectivity index (χ3v) is 7.05. The molecule has 2 aliphatic rings. The highest BCUT2D eigenvalue weighted by Gasteiger charge is 2.58. The Labute approximate surface area is 153 Å². The fraction of sp³-hybridized carbons (Fsp3) is 0.556. The molecule has 1 saturated heterocycles. The molecule has 1 N–H and O–H groups in total. The lowest BCUT2D eigenvalue weighted by Gasteiger charge is -2.27. The van der Waals surface area contributed by atoms with Gasteiger partial charge >= 0.3 is 0 Å². The number of carbonyl (C=O) groups excluding carboxylic acids is 2. The lowest BCUT2D eigenvalue weighted by Crippen LogP contribution is -2.47. The van der Waals surface area contributed by atoms with Gasteiger partial charge in [-0.1, -0.05) is 18.2 Å². The number of methoxy groups -OCH3 is 1. The van der Waals surface area contributed by atoms with E-state index in [9.17, 15) is 18.0 Å². The number of sulfone groups is 1. The van der Waals surface area contributed by atoms with Crippen LogP contribution in [-0.2, 0) is 26.0 Å². The van der Waals surface area contributed by atoms with Crippen LogP contribution in [0.25, 0.3) is 0 Å². The van der Waals surface area contributed by atoms with Crippen LogP contribution in [0, 0.1) is 5.41 Å². The summed E-state index contributed by atoms with van der Waals surface area (Å²) in [5.41, 5.74) is -0.217. The normalized spacial score (nSPS) is 22.5. The van der Waals surface area contributed by atoms with E-state index in [1.807, 2.05) is 24.3 Å². The first kappa shape index (κ1) is 18.7. The van der Waals surface area contributed by atoms with E-state index >= 15 is 0 Å². The SMILES string of the molecule is COc1ccccc1CNC(=O)C1(C(=O)N(C)C2CCS(=O)(=O)C2)CC1. The average Bonchev–Trinajstić information content (AvgIpc) is 3.36. The molecule has 1 atom stereocenters. The first-order chi connectivity index (χ1) is 12.3. The zero-order chi connectivity index (χ0) is 18.9. The van der Waals surface area contributed by atoms with Crippen molar-refractivity contribution >= 4 is 21.7 Å². The summed E-state index contributed by atoms with van der Waals surface area (Å²) < 4.78 is 28.6. The van der Waals surface area contributed by atoms with E-state index in [1.165, 1.54) is 4.90 Å². The van der Waals surface area contributed by atoms with E-state index in [0.717, 1.165) is 5.56 Å². The lowest BCUT2D eigenvalue weighted by molar-refractivity contribution is -0.144. The van der Waals surface area contributed by atoms with Crippen LogP contribution in [0.15, 0.2) is 24.3 Å². The molecule has 1 saturated carbocycles. The second-order valence-electron chi connectivity index (χ2n) is 7.05. The van der Waals surface area contributed by atoms with Crippen molar-refractivity contribution in [1.29, 1.82) is 0 Å². The van der Waals surface area contributed by atoms with Crippen LogP contribution in [0.5, 0.6) is 5.75 Å². The molecule has 0 aromatic heterocycles. The number of para-hydroxylation sites is 1. The minimum atomic E-state index is -3.08. The summed E-state index contributed by atoms with van der Waals surface area (Å²) in [6, 6.07) is 7.04. The molecular formula is C18H24N2O5S. The summed E-state index contributed by atoms with van der Waals surface area (Å²) >= 11 is 0. The Bertz CT molecular complexity index is 817. The van der Waals surface area contributed by atoms with Crippen molar-refractivity contribution in [3.05, 3.63) is 29.8 Å². The third kappa shape index (κ3) is 3.56. The second kappa shape index (κ2) is 6.90. The minimum Gasteiger partial charge on any atom is -0.496 e. The van der Waals surface area contributed by atoms with Crippen molar-refractivity contribution in [2.75, 3.05) is 25.7 Å². The molecule has 1 aliphatic heterocycles. The van der Waals surface area contributed by atoms with E-state index in [2.05, 4.69) is 5.32 Å². The Balaban J connectivity index is 1.64. The Kier molecular flexibility index (Phi) is 4.96. The second-order valence-corrected chi connectivity index (χ2v) is 9.28. The highest BCUT2D eigenvalue weighted by molar-refractivity contribution is 7.91. The summed E-state index contributed by atoms with van der Waals surface area (Å²) in [5, 5.41) is 2.83. The first-order valence-electron chi connectivity index (χ1n) is 8.67. The Morgan fingerprint density at radius 3 is 2.58 bits per heavy atom. The van der Waals surface area contributed by atoms with Crippen LogP contribution in [0.4, 0.5) is 0 Å². The van der Waals surface area contributed by atoms with Gasteiger partial charge in [-0.15, -0.1) is 0 Å². The summed E-state index contributed by atoms with van der Waals surface area (Å²) in [6.45, 7) is 0.277. The predicted octanol–water partition coefficient (Wildman–Crippen LogP) is 0.737. The molecule has 3 rings (SSSR count). The zero-order valence-electron chi connectivity index (χ0n) is 15.0. The standard InChI is InChI=1S/C18H24N2O5S/c1-20(14-7-10-26(23,24)12-14)17(22)18(8-9-18)16(21)19-11-13-5-3-4-6-15(13)25-2/h3-6,14H,7-12H2,1-2H3,(H,19,21). The van der Waals surface area contributed by atoms with Gasteiger partial charge in [0.2, 0.25) is 11.8 Å². The fourth-order valence-corrected chi connectivity index (χ4v) is 5.22. The van der Waals surface area contributed by atoms with Crippen molar-refractivity contribution in [2.24, 2.45) is 5.41 Å². The molecule has 2 amide bonds. The summed E-state index contributed by atoms with van der Waals surface area (Å²) in [6.07, 6.45) is 1.42. The molecule has 1 heterocycles. The van der Waals surface area contributed by atoms with Crippen LogP contribution in [0.2, 0.25) is 0 Å². The molecule has 7 nitrogen and oxygen atoms in total. The van der Waals surface area contributed by atoms with Crippen molar-refractivity contribution in [3.63, 3.8) is 0 Å². The topological polar surface area (TPSA) is 92.8 Å². The third-order valence-electron chi connectivity index (χ3n) is 5.30. The monoisotopic (exact) mass is 380 g/mol. The van der Waals surface area contributed by atoms with Crippen molar-refractivity contribution < 1.29 is 22.7 Å². The molecule has 8 heteroatoms. The number of ether oxygens (including phenoxy) is 1. The van der Waals surface area contributed by atoms with Crippen LogP contribution in [0.1, 0.15) is 24.8 Å². The number of nitrogens with one attached hydrogen (secondary N) is 1. The number of carbonyl (C=O) groups is 2. The number of amides is 2. The van der Waals surface area contributed by atoms with Gasteiger partial charge in [-0.2, -0.15) is 0 Å². The van der Waals surface area contributed by atoms with Gasteiger partial charge in [0.05, 0.1) is 18.6 Å². The largest absolute Gasteiger partial charge is 0.496 e. The van der Waals surface area contributed by atoms with E-state index < -0.39 is 15.3 Å². The van der Waals surface area contributed by atoms with Gasteiger partial charge in [0.25, 0.3) is 0 Å². The van der Waals surface area contributed by atoms with Crippen molar-refractivity contribution in [3.8, 4) is 5.75 Å². The van der Waals surface area contributed by atoms with E-state index in [1.54, 1.807) is 14.2 Å². The summed E-state index contributed by atoms with van der Waals surface area (Å²) in [7, 11) is 0.0836. The minimum absolute atomic E-state index is 0.0197. The van der Waals surface area contributed by atoms with E-state index in [4.69, 9.17) is 4.74 Å². The zero-order valence-corrected chi connectivity index (χ0v) is 15.8. The van der Waals surface area contributed by atoms with Gasteiger partial charge in [0.1, 0.15) is 11.2 Å². The Morgan fingerprint density at radius 2 is 2.00 bits per heavy atom. The van der Waals surface area contributed by atoms with Crippen LogP contribution < -0.4 is 10.1 Å². The highest BCUT2D eigenvalue weighted by atomic mass is 32.2. The number of hydrogen-bond donors (Lipinski definition) is 1. The van der Waals surface area contributed by atoms with Crippen molar-refractivity contribution in [2.45, 2.75) is 31.8 Å². The number of nitrogens with zero attached hydrogens (tertiary/aromatic N) is 1. The van der Waals surface area contributed by atoms with Crippen LogP contribution >= 0.6 is 0 Å². The Hall–Kier alpha value is -2.09. The van der Waals surface area contributed by atoms with Gasteiger partial charge in [0.15, 0.2) is 9.84 Å². The number of hydrogen-bond acceptors (Lipinski definition) is 5. The average molecular weight is 380 g/mol. The van der Waals surface area contributed by atoms with Gasteiger partial charge in [0, 0.05) is 25.2 Å². The highest BCUT2D eigenvalue weighted by Crippen LogP contribution is 2.48. The van der Waals surface area contributed by atoms with Crippen molar-refractivity contribution in [1.82, 2.24) is 10.2 Å². The molecule has 0 radical (unpaired) electrons. The summed E-state index contributed by atoms with van der Waals surface area (Å²) in [4.78, 5) is 27.0. The van der Waals surface area contributed by atoms with Gasteiger partial charge < -0.3 is 15.0 Å². The van der Waals surface area contributed by atoms with Gasteiger partial charge in [-0.3, -0.25) is 9.59 Å². The van der Waals surface area contributed by atoms with Crippen LogP contribution in [0.3, 0.4) is 0 Å². The predicted molar refractivity (Wildman–Crippen MR) is 96.3 cm³/mol. The van der Waals surface area contributed by atoms with E-state index in [-0.39, 0.29) is 35.9 Å². The fourth-order valence-electron chi connectivity index (χ4n) is 3.44. The smallest absolute Gasteiger partial charge is 0.238 e. The number of benzene rings is 1. The quantitative estimate of drug-likeness (QED) is 0.735. The molecule has 2 fully saturated rings. The maximum Gasteiger partial charge on any atom is 0.238 e.